The number of nitrogens with zero attached hydrogens (tertiary/aromatic N) is 2. The van der Waals surface area contributed by atoms with Gasteiger partial charge in [0.1, 0.15) is 5.82 Å². The molecule has 2 aromatic rings. The Morgan fingerprint density at radius 2 is 1.82 bits per heavy atom. The van der Waals surface area contributed by atoms with Crippen LogP contribution in [-0.4, -0.2) is 30.4 Å². The van der Waals surface area contributed by atoms with Gasteiger partial charge in [-0.3, -0.25) is 14.9 Å². The smallest absolute Gasteiger partial charge is 0.335 e. The number of hydrogen-bond acceptors (Lipinski definition) is 4. The summed E-state index contributed by atoms with van der Waals surface area (Å²) in [6, 6.07) is 12.1. The zero-order chi connectivity index (χ0) is 19.5. The third-order valence-electron chi connectivity index (χ3n) is 6.08. The third kappa shape index (κ3) is 2.10. The van der Waals surface area contributed by atoms with Gasteiger partial charge in [0.15, 0.2) is 5.41 Å². The van der Waals surface area contributed by atoms with E-state index in [9.17, 15) is 18.8 Å². The van der Waals surface area contributed by atoms with Gasteiger partial charge in [0.25, 0.3) is 5.91 Å². The van der Waals surface area contributed by atoms with Crippen molar-refractivity contribution in [1.29, 1.82) is 0 Å². The molecule has 142 valence electrons. The van der Waals surface area contributed by atoms with Crippen LogP contribution in [0.25, 0.3) is 0 Å². The van der Waals surface area contributed by atoms with Crippen LogP contribution in [0.5, 0.6) is 0 Å². The number of benzene rings is 2. The van der Waals surface area contributed by atoms with Crippen LogP contribution in [0.3, 0.4) is 0 Å². The lowest BCUT2D eigenvalue weighted by atomic mass is 9.68. The van der Waals surface area contributed by atoms with Gasteiger partial charge in [-0.15, -0.1) is 0 Å². The molecule has 2 aromatic carbocycles. The minimum Gasteiger partial charge on any atom is -0.364 e. The van der Waals surface area contributed by atoms with E-state index < -0.39 is 29.3 Å². The van der Waals surface area contributed by atoms with Crippen molar-refractivity contribution in [2.45, 2.75) is 25.3 Å². The van der Waals surface area contributed by atoms with Crippen molar-refractivity contribution >= 4 is 29.2 Å². The fraction of sp³-hybridized carbons (Fsp3) is 0.286. The number of hydrogen-bond donors (Lipinski definition) is 1. The topological polar surface area (TPSA) is 69.7 Å². The number of anilines is 2. The maximum absolute atomic E-state index is 14.6. The summed E-state index contributed by atoms with van der Waals surface area (Å²) in [6.45, 7) is 0.570. The molecule has 2 unspecified atom stereocenters. The van der Waals surface area contributed by atoms with Crippen molar-refractivity contribution in [3.05, 3.63) is 59.9 Å². The molecule has 5 rings (SSSR count). The van der Waals surface area contributed by atoms with Crippen LogP contribution < -0.4 is 15.1 Å². The van der Waals surface area contributed by atoms with Gasteiger partial charge in [-0.05, 0) is 43.0 Å². The highest BCUT2D eigenvalue weighted by molar-refractivity contribution is 6.30. The maximum Gasteiger partial charge on any atom is 0.335 e. The maximum atomic E-state index is 14.6. The van der Waals surface area contributed by atoms with E-state index in [1.54, 1.807) is 42.5 Å². The lowest BCUT2D eigenvalue weighted by molar-refractivity contribution is -0.144. The summed E-state index contributed by atoms with van der Waals surface area (Å²) in [5.41, 5.74) is 0.0379. The second-order valence-corrected chi connectivity index (χ2v) is 7.48. The first-order chi connectivity index (χ1) is 13.5. The van der Waals surface area contributed by atoms with Crippen LogP contribution in [0.4, 0.5) is 20.6 Å². The largest absolute Gasteiger partial charge is 0.364 e. The Morgan fingerprint density at radius 3 is 2.61 bits per heavy atom. The van der Waals surface area contributed by atoms with Crippen LogP contribution in [0, 0.1) is 11.2 Å². The van der Waals surface area contributed by atoms with E-state index in [2.05, 4.69) is 5.32 Å². The lowest BCUT2D eigenvalue weighted by Crippen LogP contribution is -2.71. The predicted molar refractivity (Wildman–Crippen MR) is 100 cm³/mol. The quantitative estimate of drug-likeness (QED) is 0.774. The standard InChI is InChI=1S/C21H18FN3O3/c22-15-9-4-6-13-12-21(16-10-5-11-24(16)17(13)15)18(26)23-20(28)25(19(21)27)14-7-2-1-3-8-14/h1-4,6-9,16H,5,10-12H2,(H,23,26,28). The Kier molecular flexibility index (Phi) is 3.56. The second kappa shape index (κ2) is 5.89. The normalized spacial score (nSPS) is 26.3. The molecule has 2 saturated heterocycles. The highest BCUT2D eigenvalue weighted by Gasteiger charge is 2.63. The highest BCUT2D eigenvalue weighted by Crippen LogP contribution is 2.49. The summed E-state index contributed by atoms with van der Waals surface area (Å²) in [4.78, 5) is 42.2. The van der Waals surface area contributed by atoms with Crippen LogP contribution in [-0.2, 0) is 16.0 Å². The van der Waals surface area contributed by atoms with E-state index in [1.807, 2.05) is 4.90 Å². The van der Waals surface area contributed by atoms with E-state index in [4.69, 9.17) is 0 Å². The molecule has 3 heterocycles. The minimum absolute atomic E-state index is 0.0720. The second-order valence-electron chi connectivity index (χ2n) is 7.48. The van der Waals surface area contributed by atoms with Crippen LogP contribution in [0.15, 0.2) is 48.5 Å². The van der Waals surface area contributed by atoms with Crippen molar-refractivity contribution in [3.63, 3.8) is 0 Å². The van der Waals surface area contributed by atoms with E-state index >= 15 is 0 Å². The predicted octanol–water partition coefficient (Wildman–Crippen LogP) is 2.62. The van der Waals surface area contributed by atoms with E-state index in [-0.39, 0.29) is 12.2 Å². The van der Waals surface area contributed by atoms with E-state index in [0.29, 0.717) is 29.9 Å². The number of para-hydroxylation sites is 2. The van der Waals surface area contributed by atoms with Gasteiger partial charge in [0.05, 0.1) is 17.4 Å². The van der Waals surface area contributed by atoms with Gasteiger partial charge < -0.3 is 4.90 Å². The SMILES string of the molecule is O=C1NC(=O)C2(Cc3cccc(F)c3N3CCCC32)C(=O)N1c1ccccc1. The van der Waals surface area contributed by atoms with Gasteiger partial charge in [0.2, 0.25) is 5.91 Å². The fourth-order valence-corrected chi connectivity index (χ4v) is 4.90. The minimum atomic E-state index is -1.46. The molecule has 6 nitrogen and oxygen atoms in total. The van der Waals surface area contributed by atoms with Crippen LogP contribution in [0.2, 0.25) is 0 Å². The molecule has 4 amide bonds. The number of carbonyl (C=O) groups excluding carboxylic acids is 3. The van der Waals surface area contributed by atoms with Gasteiger partial charge >= 0.3 is 6.03 Å². The van der Waals surface area contributed by atoms with Crippen LogP contribution >= 0.6 is 0 Å². The van der Waals surface area contributed by atoms with Crippen molar-refractivity contribution in [1.82, 2.24) is 5.32 Å². The van der Waals surface area contributed by atoms with Crippen molar-refractivity contribution in [2.75, 3.05) is 16.3 Å². The number of amides is 4. The molecule has 0 saturated carbocycles. The molecular weight excluding hydrogens is 361 g/mol. The average molecular weight is 379 g/mol. The van der Waals surface area contributed by atoms with Crippen LogP contribution in [0.1, 0.15) is 18.4 Å². The van der Waals surface area contributed by atoms with Gasteiger partial charge in [-0.2, -0.15) is 0 Å². The Labute approximate surface area is 160 Å². The number of nitrogens with one attached hydrogen (secondary N) is 1. The summed E-state index contributed by atoms with van der Waals surface area (Å²) in [7, 11) is 0. The fourth-order valence-electron chi connectivity index (χ4n) is 4.90. The molecule has 3 aliphatic rings. The number of fused-ring (bicyclic) bond motifs is 4. The lowest BCUT2D eigenvalue weighted by Gasteiger charge is -2.49. The number of barbiturate groups is 1. The first kappa shape index (κ1) is 16.9. The molecule has 1 spiro atoms. The number of carbonyl (C=O) groups is 3. The molecule has 0 bridgehead atoms. The zero-order valence-corrected chi connectivity index (χ0v) is 15.0. The summed E-state index contributed by atoms with van der Waals surface area (Å²) in [5, 5.41) is 2.38. The molecule has 0 aromatic heterocycles. The number of rotatable bonds is 1. The van der Waals surface area contributed by atoms with Gasteiger partial charge in [0, 0.05) is 6.54 Å². The molecular formula is C21H18FN3O3. The summed E-state index contributed by atoms with van der Waals surface area (Å²) >= 11 is 0. The van der Waals surface area contributed by atoms with Gasteiger partial charge in [-0.1, -0.05) is 30.3 Å². The summed E-state index contributed by atoms with van der Waals surface area (Å²) in [6.07, 6.45) is 1.41. The van der Waals surface area contributed by atoms with Crippen molar-refractivity contribution < 1.29 is 18.8 Å². The molecule has 7 heteroatoms. The molecule has 2 atom stereocenters. The molecule has 2 fully saturated rings. The Balaban J connectivity index is 1.68. The molecule has 0 radical (unpaired) electrons. The molecule has 1 N–H and O–H groups in total. The first-order valence-corrected chi connectivity index (χ1v) is 9.33. The first-order valence-electron chi connectivity index (χ1n) is 9.33. The highest BCUT2D eigenvalue weighted by atomic mass is 19.1. The summed E-state index contributed by atoms with van der Waals surface area (Å²) in [5.74, 6) is -1.49. The zero-order valence-electron chi connectivity index (χ0n) is 15.0. The molecule has 0 aliphatic carbocycles. The van der Waals surface area contributed by atoms with Crippen molar-refractivity contribution in [2.24, 2.45) is 5.41 Å². The van der Waals surface area contributed by atoms with Crippen molar-refractivity contribution in [3.8, 4) is 0 Å². The summed E-state index contributed by atoms with van der Waals surface area (Å²) < 4.78 is 14.6. The Hall–Kier alpha value is -3.22. The number of imide groups is 2. The average Bonchev–Trinajstić information content (AvgIpc) is 3.17. The van der Waals surface area contributed by atoms with E-state index in [0.717, 1.165) is 11.3 Å². The van der Waals surface area contributed by atoms with Gasteiger partial charge in [-0.25, -0.2) is 14.1 Å². The Morgan fingerprint density at radius 1 is 1.04 bits per heavy atom. The molecule has 3 aliphatic heterocycles. The Bertz CT molecular complexity index is 1010. The monoisotopic (exact) mass is 379 g/mol. The van der Waals surface area contributed by atoms with E-state index in [1.165, 1.54) is 6.07 Å². The third-order valence-corrected chi connectivity index (χ3v) is 6.08. The molecule has 28 heavy (non-hydrogen) atoms. The number of urea groups is 1. The number of halogens is 1.